The van der Waals surface area contributed by atoms with Crippen LogP contribution in [0.5, 0.6) is 0 Å². The van der Waals surface area contributed by atoms with Crippen LogP contribution in [-0.2, 0) is 12.3 Å². The molecule has 4 rings (SSSR count). The van der Waals surface area contributed by atoms with E-state index in [1.807, 2.05) is 48.7 Å². The number of benzene rings is 1. The molecule has 1 aromatic carbocycles. The predicted octanol–water partition coefficient (Wildman–Crippen LogP) is 3.91. The number of hydrogen-bond donors (Lipinski definition) is 0. The van der Waals surface area contributed by atoms with Gasteiger partial charge in [-0.05, 0) is 20.8 Å². The SMILES string of the molecule is CCn1c(C)nnc1SCc1nnc(-c2c(-c3ccccc3)noc2C)o1. The van der Waals surface area contributed by atoms with E-state index in [1.54, 1.807) is 0 Å². The van der Waals surface area contributed by atoms with Crippen LogP contribution in [0.2, 0.25) is 0 Å². The van der Waals surface area contributed by atoms with E-state index in [2.05, 4.69) is 32.5 Å². The molecule has 9 heteroatoms. The Morgan fingerprint density at radius 3 is 2.63 bits per heavy atom. The van der Waals surface area contributed by atoms with Crippen LogP contribution in [0.4, 0.5) is 0 Å². The Balaban J connectivity index is 1.58. The van der Waals surface area contributed by atoms with Crippen LogP contribution >= 0.6 is 11.8 Å². The van der Waals surface area contributed by atoms with Crippen molar-refractivity contribution < 1.29 is 8.94 Å². The number of nitrogens with zero attached hydrogens (tertiary/aromatic N) is 6. The molecule has 8 nitrogen and oxygen atoms in total. The van der Waals surface area contributed by atoms with Crippen LogP contribution in [0.25, 0.3) is 22.7 Å². The third-order valence-electron chi connectivity index (χ3n) is 4.13. The van der Waals surface area contributed by atoms with E-state index < -0.39 is 0 Å². The Hall–Kier alpha value is -2.94. The van der Waals surface area contributed by atoms with Crippen molar-refractivity contribution in [2.24, 2.45) is 0 Å². The summed E-state index contributed by atoms with van der Waals surface area (Å²) in [5, 5.41) is 21.6. The minimum Gasteiger partial charge on any atom is -0.420 e. The topological polar surface area (TPSA) is 95.7 Å². The molecule has 0 aliphatic heterocycles. The minimum absolute atomic E-state index is 0.399. The van der Waals surface area contributed by atoms with Crippen molar-refractivity contribution in [3.05, 3.63) is 47.8 Å². The molecular weight excluding hydrogens is 364 g/mol. The molecule has 0 aliphatic carbocycles. The van der Waals surface area contributed by atoms with Gasteiger partial charge in [0.15, 0.2) is 5.16 Å². The van der Waals surface area contributed by atoms with Gasteiger partial charge in [-0.2, -0.15) is 0 Å². The summed E-state index contributed by atoms with van der Waals surface area (Å²) in [4.78, 5) is 0. The van der Waals surface area contributed by atoms with E-state index in [0.717, 1.165) is 28.7 Å². The second-order valence-electron chi connectivity index (χ2n) is 5.89. The molecule has 0 fully saturated rings. The Kier molecular flexibility index (Phi) is 4.76. The molecule has 0 amide bonds. The van der Waals surface area contributed by atoms with Gasteiger partial charge >= 0.3 is 0 Å². The number of thioether (sulfide) groups is 1. The Bertz CT molecular complexity index is 1050. The molecule has 138 valence electrons. The Morgan fingerprint density at radius 1 is 1.04 bits per heavy atom. The lowest BCUT2D eigenvalue weighted by Gasteiger charge is -2.02. The maximum absolute atomic E-state index is 5.87. The zero-order chi connectivity index (χ0) is 18.8. The average molecular weight is 382 g/mol. The van der Waals surface area contributed by atoms with Crippen LogP contribution in [0.1, 0.15) is 24.4 Å². The van der Waals surface area contributed by atoms with Gasteiger partial charge in [-0.25, -0.2) is 0 Å². The summed E-state index contributed by atoms with van der Waals surface area (Å²) in [5.41, 5.74) is 2.35. The Morgan fingerprint density at radius 2 is 1.85 bits per heavy atom. The zero-order valence-corrected chi connectivity index (χ0v) is 16.0. The van der Waals surface area contributed by atoms with Crippen LogP contribution in [0.3, 0.4) is 0 Å². The molecule has 0 N–H and O–H groups in total. The first kappa shape index (κ1) is 17.5. The minimum atomic E-state index is 0.399. The Labute approximate surface area is 160 Å². The van der Waals surface area contributed by atoms with Crippen molar-refractivity contribution in [1.82, 2.24) is 30.1 Å². The molecule has 3 heterocycles. The lowest BCUT2D eigenvalue weighted by Crippen LogP contribution is -1.99. The maximum atomic E-state index is 5.87. The highest BCUT2D eigenvalue weighted by molar-refractivity contribution is 7.98. The fourth-order valence-corrected chi connectivity index (χ4v) is 3.67. The number of rotatable bonds is 6. The van der Waals surface area contributed by atoms with Gasteiger partial charge in [-0.3, -0.25) is 0 Å². The van der Waals surface area contributed by atoms with E-state index in [4.69, 9.17) is 8.94 Å². The highest BCUT2D eigenvalue weighted by Crippen LogP contribution is 2.34. The highest BCUT2D eigenvalue weighted by atomic mass is 32.2. The number of hydrogen-bond acceptors (Lipinski definition) is 8. The molecular formula is C18H18N6O2S. The maximum Gasteiger partial charge on any atom is 0.253 e. The number of aryl methyl sites for hydroxylation is 2. The van der Waals surface area contributed by atoms with Crippen LogP contribution in [0.15, 0.2) is 44.4 Å². The summed E-state index contributed by atoms with van der Waals surface area (Å²) < 4.78 is 13.3. The van der Waals surface area contributed by atoms with Crippen molar-refractivity contribution >= 4 is 11.8 Å². The van der Waals surface area contributed by atoms with Gasteiger partial charge in [0.25, 0.3) is 5.89 Å². The molecule has 0 saturated carbocycles. The summed E-state index contributed by atoms with van der Waals surface area (Å²) in [6, 6.07) is 9.78. The van der Waals surface area contributed by atoms with Crippen LogP contribution in [0, 0.1) is 13.8 Å². The van der Waals surface area contributed by atoms with Gasteiger partial charge in [0, 0.05) is 12.1 Å². The van der Waals surface area contributed by atoms with Gasteiger partial charge in [0.05, 0.1) is 5.75 Å². The second kappa shape index (κ2) is 7.36. The van der Waals surface area contributed by atoms with Crippen molar-refractivity contribution in [1.29, 1.82) is 0 Å². The van der Waals surface area contributed by atoms with E-state index >= 15 is 0 Å². The molecule has 0 atom stereocenters. The fourth-order valence-electron chi connectivity index (χ4n) is 2.79. The third-order valence-corrected chi connectivity index (χ3v) is 5.08. The van der Waals surface area contributed by atoms with E-state index in [9.17, 15) is 0 Å². The summed E-state index contributed by atoms with van der Waals surface area (Å²) in [5.74, 6) is 2.95. The average Bonchev–Trinajstić information content (AvgIpc) is 3.39. The van der Waals surface area contributed by atoms with Gasteiger partial charge in [-0.1, -0.05) is 47.3 Å². The molecule has 0 bridgehead atoms. The predicted molar refractivity (Wildman–Crippen MR) is 100.0 cm³/mol. The first-order chi connectivity index (χ1) is 13.2. The van der Waals surface area contributed by atoms with E-state index in [1.165, 1.54) is 11.8 Å². The summed E-state index contributed by atoms with van der Waals surface area (Å²) in [7, 11) is 0. The van der Waals surface area contributed by atoms with E-state index in [-0.39, 0.29) is 0 Å². The molecule has 4 aromatic rings. The highest BCUT2D eigenvalue weighted by Gasteiger charge is 2.22. The van der Waals surface area contributed by atoms with E-state index in [0.29, 0.717) is 29.0 Å². The summed E-state index contributed by atoms with van der Waals surface area (Å²) in [6.07, 6.45) is 0. The third kappa shape index (κ3) is 3.37. The summed E-state index contributed by atoms with van der Waals surface area (Å²) >= 11 is 1.51. The number of aromatic nitrogens is 6. The zero-order valence-electron chi connectivity index (χ0n) is 15.2. The standard InChI is InChI=1S/C18H18N6O2S/c1-4-24-12(3)19-22-18(24)27-10-14-20-21-17(25-14)15-11(2)26-23-16(15)13-8-6-5-7-9-13/h5-9H,4,10H2,1-3H3. The lowest BCUT2D eigenvalue weighted by molar-refractivity contribution is 0.399. The molecule has 27 heavy (non-hydrogen) atoms. The van der Waals surface area contributed by atoms with Gasteiger partial charge in [0.2, 0.25) is 5.89 Å². The summed E-state index contributed by atoms with van der Waals surface area (Å²) in [6.45, 7) is 6.65. The van der Waals surface area contributed by atoms with Crippen molar-refractivity contribution in [3.63, 3.8) is 0 Å². The molecule has 0 unspecified atom stereocenters. The van der Waals surface area contributed by atoms with Crippen molar-refractivity contribution in [2.75, 3.05) is 0 Å². The largest absolute Gasteiger partial charge is 0.420 e. The van der Waals surface area contributed by atoms with Gasteiger partial charge in [0.1, 0.15) is 22.8 Å². The fraction of sp³-hybridized carbons (Fsp3) is 0.278. The normalized spacial score (nSPS) is 11.2. The molecule has 3 aromatic heterocycles. The molecule has 0 saturated heterocycles. The molecule has 0 aliphatic rings. The first-order valence-corrected chi connectivity index (χ1v) is 9.53. The monoisotopic (exact) mass is 382 g/mol. The quantitative estimate of drug-likeness (QED) is 0.463. The van der Waals surface area contributed by atoms with Crippen molar-refractivity contribution in [3.8, 4) is 22.7 Å². The second-order valence-corrected chi connectivity index (χ2v) is 6.83. The molecule has 0 radical (unpaired) electrons. The van der Waals surface area contributed by atoms with Gasteiger partial charge < -0.3 is 13.5 Å². The smallest absolute Gasteiger partial charge is 0.253 e. The van der Waals surface area contributed by atoms with Crippen LogP contribution in [-0.4, -0.2) is 30.1 Å². The molecule has 0 spiro atoms. The van der Waals surface area contributed by atoms with Crippen molar-refractivity contribution in [2.45, 2.75) is 38.2 Å². The lowest BCUT2D eigenvalue weighted by atomic mass is 10.1. The van der Waals surface area contributed by atoms with Gasteiger partial charge in [-0.15, -0.1) is 20.4 Å². The van der Waals surface area contributed by atoms with Crippen LogP contribution < -0.4 is 0 Å². The first-order valence-electron chi connectivity index (χ1n) is 8.54.